The molecule has 1 aliphatic rings. The van der Waals surface area contributed by atoms with Crippen molar-refractivity contribution >= 4 is 33.0 Å². The third kappa shape index (κ3) is 3.55. The Kier molecular flexibility index (Phi) is 4.63. The molecule has 2 N–H and O–H groups in total. The number of benzene rings is 3. The van der Waals surface area contributed by atoms with Gasteiger partial charge in [0.05, 0.1) is 16.2 Å². The Morgan fingerprint density at radius 1 is 1.03 bits per heavy atom. The molecule has 1 heterocycles. The number of nitrogens with zero attached hydrogens (tertiary/aromatic N) is 1. The number of anilines is 2. The quantitative estimate of drug-likeness (QED) is 0.479. The maximum atomic E-state index is 12.7. The Bertz CT molecular complexity index is 1300. The molecule has 0 radical (unpaired) electrons. The molecule has 0 saturated heterocycles. The van der Waals surface area contributed by atoms with Gasteiger partial charge >= 0.3 is 0 Å². The highest BCUT2D eigenvalue weighted by Crippen LogP contribution is 2.37. The molecule has 3 aromatic rings. The number of sulfonamides is 1. The average molecular weight is 425 g/mol. The van der Waals surface area contributed by atoms with Gasteiger partial charge in [-0.15, -0.1) is 0 Å². The summed E-state index contributed by atoms with van der Waals surface area (Å²) in [5.41, 5.74) is 1.06. The molecule has 0 atom stereocenters. The lowest BCUT2D eigenvalue weighted by Crippen LogP contribution is -2.16. The molecule has 0 saturated carbocycles. The fourth-order valence-electron chi connectivity index (χ4n) is 3.04. The first-order valence-corrected chi connectivity index (χ1v) is 10.2. The van der Waals surface area contributed by atoms with Crippen molar-refractivity contribution in [3.63, 3.8) is 0 Å². The van der Waals surface area contributed by atoms with E-state index in [9.17, 15) is 23.3 Å². The molecule has 4 rings (SSSR count). The smallest absolute Gasteiger partial charge is 0.289 e. The van der Waals surface area contributed by atoms with Crippen molar-refractivity contribution < 1.29 is 22.9 Å². The van der Waals surface area contributed by atoms with E-state index < -0.39 is 31.4 Å². The van der Waals surface area contributed by atoms with Crippen LogP contribution in [0.3, 0.4) is 0 Å². The number of nitro benzene ring substituents is 1. The molecule has 30 heavy (non-hydrogen) atoms. The third-order valence-electron chi connectivity index (χ3n) is 4.43. The molecule has 0 fully saturated rings. The van der Waals surface area contributed by atoms with E-state index in [2.05, 4.69) is 10.0 Å². The highest BCUT2D eigenvalue weighted by molar-refractivity contribution is 7.92. The number of hydrogen-bond acceptors (Lipinski definition) is 6. The van der Waals surface area contributed by atoms with Crippen LogP contribution in [0.25, 0.3) is 0 Å². The molecule has 0 spiro atoms. The Morgan fingerprint density at radius 2 is 1.77 bits per heavy atom. The first-order chi connectivity index (χ1) is 14.2. The summed E-state index contributed by atoms with van der Waals surface area (Å²) in [6, 6.07) is 14.5. The number of rotatable bonds is 4. The SMILES string of the molecule is Cc1ccc2c(c1)NC(=O)c1cc(NS(=O)(=O)c3ccccc3[N+](=O)[O-])ccc1O2. The summed E-state index contributed by atoms with van der Waals surface area (Å²) in [4.78, 5) is 22.6. The largest absolute Gasteiger partial charge is 0.454 e. The second-order valence-corrected chi connectivity index (χ2v) is 8.25. The highest BCUT2D eigenvalue weighted by Gasteiger charge is 2.27. The van der Waals surface area contributed by atoms with Crippen LogP contribution in [0.2, 0.25) is 0 Å². The van der Waals surface area contributed by atoms with Crippen molar-refractivity contribution in [3.8, 4) is 11.5 Å². The van der Waals surface area contributed by atoms with Gasteiger partial charge in [-0.3, -0.25) is 19.6 Å². The predicted molar refractivity (Wildman–Crippen MR) is 110 cm³/mol. The normalized spacial score (nSPS) is 12.6. The number of aryl methyl sites for hydroxylation is 1. The van der Waals surface area contributed by atoms with Crippen LogP contribution < -0.4 is 14.8 Å². The number of nitro groups is 1. The minimum atomic E-state index is -4.27. The van der Waals surface area contributed by atoms with Crippen LogP contribution in [0.1, 0.15) is 15.9 Å². The number of hydrogen-bond donors (Lipinski definition) is 2. The second-order valence-electron chi connectivity index (χ2n) is 6.60. The van der Waals surface area contributed by atoms with Gasteiger partial charge in [-0.1, -0.05) is 18.2 Å². The summed E-state index contributed by atoms with van der Waals surface area (Å²) >= 11 is 0. The van der Waals surface area contributed by atoms with E-state index in [0.29, 0.717) is 11.4 Å². The van der Waals surface area contributed by atoms with Gasteiger partial charge in [0.15, 0.2) is 10.6 Å². The molecular weight excluding hydrogens is 410 g/mol. The summed E-state index contributed by atoms with van der Waals surface area (Å²) in [7, 11) is -4.27. The number of fused-ring (bicyclic) bond motifs is 2. The van der Waals surface area contributed by atoms with Gasteiger partial charge < -0.3 is 10.1 Å². The maximum Gasteiger partial charge on any atom is 0.289 e. The Labute approximate surface area is 171 Å². The van der Waals surface area contributed by atoms with E-state index >= 15 is 0 Å². The highest BCUT2D eigenvalue weighted by atomic mass is 32.2. The summed E-state index contributed by atoms with van der Waals surface area (Å²) in [5, 5.41) is 13.9. The molecule has 1 aliphatic heterocycles. The van der Waals surface area contributed by atoms with Gasteiger partial charge in [0, 0.05) is 11.8 Å². The third-order valence-corrected chi connectivity index (χ3v) is 5.86. The van der Waals surface area contributed by atoms with Crippen LogP contribution in [0.4, 0.5) is 17.1 Å². The minimum Gasteiger partial charge on any atom is -0.454 e. The Morgan fingerprint density at radius 3 is 2.53 bits per heavy atom. The summed E-state index contributed by atoms with van der Waals surface area (Å²) < 4.78 is 33.5. The van der Waals surface area contributed by atoms with E-state index in [4.69, 9.17) is 4.74 Å². The van der Waals surface area contributed by atoms with Gasteiger partial charge in [-0.25, -0.2) is 8.42 Å². The molecule has 3 aromatic carbocycles. The molecule has 9 nitrogen and oxygen atoms in total. The van der Waals surface area contributed by atoms with Crippen LogP contribution >= 0.6 is 0 Å². The first kappa shape index (κ1) is 19.4. The number of carbonyl (C=O) groups is 1. The zero-order valence-electron chi connectivity index (χ0n) is 15.6. The van der Waals surface area contributed by atoms with Gasteiger partial charge in [-0.05, 0) is 48.9 Å². The summed E-state index contributed by atoms with van der Waals surface area (Å²) in [5.74, 6) is 0.241. The zero-order valence-corrected chi connectivity index (χ0v) is 16.4. The second kappa shape index (κ2) is 7.16. The van der Waals surface area contributed by atoms with E-state index in [1.165, 1.54) is 30.3 Å². The van der Waals surface area contributed by atoms with Crippen LogP contribution in [0.5, 0.6) is 11.5 Å². The van der Waals surface area contributed by atoms with Crippen molar-refractivity contribution in [3.05, 3.63) is 81.9 Å². The van der Waals surface area contributed by atoms with Gasteiger partial charge in [0.25, 0.3) is 21.6 Å². The van der Waals surface area contributed by atoms with E-state index in [1.807, 2.05) is 13.0 Å². The van der Waals surface area contributed by atoms with E-state index in [-0.39, 0.29) is 17.0 Å². The lowest BCUT2D eigenvalue weighted by atomic mass is 10.1. The van der Waals surface area contributed by atoms with Crippen LogP contribution in [0, 0.1) is 17.0 Å². The molecule has 1 amide bonds. The monoisotopic (exact) mass is 425 g/mol. The number of nitrogens with one attached hydrogen (secondary N) is 2. The number of ether oxygens (including phenoxy) is 1. The summed E-state index contributed by atoms with van der Waals surface area (Å²) in [6.07, 6.45) is 0. The minimum absolute atomic E-state index is 0.0628. The van der Waals surface area contributed by atoms with Crippen LogP contribution in [-0.4, -0.2) is 19.2 Å². The fraction of sp³-hybridized carbons (Fsp3) is 0.0500. The van der Waals surface area contributed by atoms with Crippen molar-refractivity contribution in [1.82, 2.24) is 0 Å². The van der Waals surface area contributed by atoms with Crippen molar-refractivity contribution in [1.29, 1.82) is 0 Å². The lowest BCUT2D eigenvalue weighted by Gasteiger charge is -2.11. The number of carbonyl (C=O) groups excluding carboxylic acids is 1. The van der Waals surface area contributed by atoms with Crippen molar-refractivity contribution in [2.45, 2.75) is 11.8 Å². The molecule has 0 aliphatic carbocycles. The maximum absolute atomic E-state index is 12.7. The molecular formula is C20H15N3O6S. The lowest BCUT2D eigenvalue weighted by molar-refractivity contribution is -0.387. The van der Waals surface area contributed by atoms with Crippen LogP contribution in [-0.2, 0) is 10.0 Å². The number of para-hydroxylation sites is 1. The fourth-order valence-corrected chi connectivity index (χ4v) is 4.27. The molecule has 0 unspecified atom stereocenters. The molecule has 10 heteroatoms. The Balaban J connectivity index is 1.69. The van der Waals surface area contributed by atoms with Gasteiger partial charge in [0.1, 0.15) is 5.75 Å². The van der Waals surface area contributed by atoms with E-state index in [1.54, 1.807) is 12.1 Å². The summed E-state index contributed by atoms with van der Waals surface area (Å²) in [6.45, 7) is 1.88. The van der Waals surface area contributed by atoms with Crippen molar-refractivity contribution in [2.24, 2.45) is 0 Å². The predicted octanol–water partition coefficient (Wildman–Crippen LogP) is 4.06. The first-order valence-electron chi connectivity index (χ1n) is 8.75. The number of amides is 1. The molecule has 0 aromatic heterocycles. The zero-order chi connectivity index (χ0) is 21.5. The van der Waals surface area contributed by atoms with E-state index in [0.717, 1.165) is 17.7 Å². The molecule has 152 valence electrons. The van der Waals surface area contributed by atoms with Crippen molar-refractivity contribution in [2.75, 3.05) is 10.0 Å². The average Bonchev–Trinajstić information content (AvgIpc) is 2.83. The van der Waals surface area contributed by atoms with Gasteiger partial charge in [0.2, 0.25) is 0 Å². The standard InChI is InChI=1S/C20H15N3O6S/c1-12-6-8-18-15(10-12)21-20(24)14-11-13(7-9-17(14)29-18)22-30(27,28)19-5-3-2-4-16(19)23(25)26/h2-11,22H,1H3,(H,21,24). The van der Waals surface area contributed by atoms with Crippen LogP contribution in [0.15, 0.2) is 65.6 Å². The molecule has 0 bridgehead atoms. The topological polar surface area (TPSA) is 128 Å². The van der Waals surface area contributed by atoms with Gasteiger partial charge in [-0.2, -0.15) is 0 Å². The Hall–Kier alpha value is -3.92.